The van der Waals surface area contributed by atoms with Crippen LogP contribution in [0.4, 0.5) is 11.4 Å². The van der Waals surface area contributed by atoms with Gasteiger partial charge in [0.05, 0.1) is 17.7 Å². The Bertz CT molecular complexity index is 2100. The highest BCUT2D eigenvalue weighted by Crippen LogP contribution is 2.71. The van der Waals surface area contributed by atoms with E-state index in [-0.39, 0.29) is 27.8 Å². The van der Waals surface area contributed by atoms with E-state index in [4.69, 9.17) is 0 Å². The smallest absolute Gasteiger partial charge is 0.0933 e. The summed E-state index contributed by atoms with van der Waals surface area (Å²) in [6.45, 7) is 2.27. The number of fused-ring (bicyclic) bond motifs is 13. The number of likely N-dealkylation sites (N-methyl/N-ethyl adjacent to an activating group) is 2. The third kappa shape index (κ3) is 3.06. The van der Waals surface area contributed by atoms with Crippen LogP contribution in [0.2, 0.25) is 0 Å². The lowest BCUT2D eigenvalue weighted by atomic mass is 9.53. The van der Waals surface area contributed by atoms with E-state index >= 15 is 0 Å². The molecule has 0 radical (unpaired) electrons. The Balaban J connectivity index is 1.08. The highest BCUT2D eigenvalue weighted by Gasteiger charge is 2.71. The highest BCUT2D eigenvalue weighted by atomic mass is 15.3. The zero-order valence-corrected chi connectivity index (χ0v) is 29.8. The highest BCUT2D eigenvalue weighted by molar-refractivity contribution is 5.77. The van der Waals surface area contributed by atoms with Gasteiger partial charge in [-0.2, -0.15) is 0 Å². The van der Waals surface area contributed by atoms with Crippen molar-refractivity contribution in [3.05, 3.63) is 129 Å². The zero-order valence-electron chi connectivity index (χ0n) is 29.8. The van der Waals surface area contributed by atoms with Gasteiger partial charge in [-0.15, -0.1) is 0 Å². The van der Waals surface area contributed by atoms with Crippen molar-refractivity contribution in [3.8, 4) is 0 Å². The molecule has 0 bridgehead atoms. The van der Waals surface area contributed by atoms with Gasteiger partial charge in [-0.25, -0.2) is 0 Å². The van der Waals surface area contributed by atoms with Crippen LogP contribution in [0, 0.1) is 11.8 Å². The van der Waals surface area contributed by atoms with E-state index in [1.165, 1.54) is 80.3 Å². The molecule has 254 valence electrons. The number of nitrogens with one attached hydrogen (secondary N) is 2. The van der Waals surface area contributed by atoms with Gasteiger partial charge in [0.1, 0.15) is 0 Å². The molecule has 2 saturated carbocycles. The zero-order chi connectivity index (χ0) is 33.0. The molecule has 50 heavy (non-hydrogen) atoms. The number of nitrogens with zero attached hydrogens (tertiary/aromatic N) is 2. The molecule has 4 heterocycles. The van der Waals surface area contributed by atoms with Crippen LogP contribution in [0.25, 0.3) is 0 Å². The fraction of sp³-hybridized carbons (Fsp3) is 0.478. The molecule has 1 unspecified atom stereocenters. The van der Waals surface area contributed by atoms with E-state index in [0.29, 0.717) is 12.1 Å². The number of para-hydroxylation sites is 2. The Hall–Kier alpha value is -3.60. The SMILES string of the molecule is CN1CC[C@]2(c3cccc4c3N[C@H]3N(C)CC[C@@]43[C@]34CCC[C@H]3Cc3c([C@]56CCCC5Cc5ccccc56)cccc34)c3ccccc3N[C@H]12. The van der Waals surface area contributed by atoms with E-state index in [2.05, 4.69) is 119 Å². The largest absolute Gasteiger partial charge is 0.368 e. The van der Waals surface area contributed by atoms with Gasteiger partial charge in [0.15, 0.2) is 0 Å². The number of benzene rings is 4. The van der Waals surface area contributed by atoms with Gasteiger partial charge in [-0.1, -0.05) is 91.7 Å². The Morgan fingerprint density at radius 3 is 2.16 bits per heavy atom. The monoisotopic (exact) mass is 658 g/mol. The Labute approximate surface area is 297 Å². The molecule has 2 saturated heterocycles. The summed E-state index contributed by atoms with van der Waals surface area (Å²) in [5.41, 5.74) is 16.3. The van der Waals surface area contributed by atoms with Crippen LogP contribution in [0.15, 0.2) is 84.9 Å². The minimum absolute atomic E-state index is 0.0535. The summed E-state index contributed by atoms with van der Waals surface area (Å²) in [5.74, 6) is 1.46. The van der Waals surface area contributed by atoms with Crippen LogP contribution in [0.5, 0.6) is 0 Å². The van der Waals surface area contributed by atoms with E-state index in [9.17, 15) is 0 Å². The lowest BCUT2D eigenvalue weighted by molar-refractivity contribution is 0.142. The predicted octanol–water partition coefficient (Wildman–Crippen LogP) is 8.32. The van der Waals surface area contributed by atoms with Crippen molar-refractivity contribution in [2.75, 3.05) is 37.8 Å². The average Bonchev–Trinajstić information content (AvgIpc) is 3.99. The van der Waals surface area contributed by atoms with Gasteiger partial charge in [0.2, 0.25) is 0 Å². The Kier molecular flexibility index (Phi) is 5.59. The number of anilines is 2. The second kappa shape index (κ2) is 9.63. The molecule has 4 heteroatoms. The van der Waals surface area contributed by atoms with Gasteiger partial charge in [-0.05, 0) is 128 Å². The van der Waals surface area contributed by atoms with Crippen molar-refractivity contribution < 1.29 is 0 Å². The van der Waals surface area contributed by atoms with Crippen LogP contribution in [0.1, 0.15) is 95.9 Å². The normalized spacial score (nSPS) is 38.5. The minimum atomic E-state index is -0.0535. The first-order valence-electron chi connectivity index (χ1n) is 19.9. The molecule has 8 aliphatic rings. The number of rotatable bonds is 3. The minimum Gasteiger partial charge on any atom is -0.368 e. The molecule has 4 nitrogen and oxygen atoms in total. The van der Waals surface area contributed by atoms with Gasteiger partial charge in [-0.3, -0.25) is 9.80 Å². The van der Waals surface area contributed by atoms with Crippen molar-refractivity contribution in [1.82, 2.24) is 9.80 Å². The predicted molar refractivity (Wildman–Crippen MR) is 202 cm³/mol. The van der Waals surface area contributed by atoms with E-state index in [1.807, 2.05) is 0 Å². The first-order valence-corrected chi connectivity index (χ1v) is 19.9. The van der Waals surface area contributed by atoms with Crippen molar-refractivity contribution in [3.63, 3.8) is 0 Å². The van der Waals surface area contributed by atoms with Gasteiger partial charge >= 0.3 is 0 Å². The fourth-order valence-corrected chi connectivity index (χ4v) is 14.9. The topological polar surface area (TPSA) is 30.5 Å². The van der Waals surface area contributed by atoms with Crippen LogP contribution in [-0.2, 0) is 34.5 Å². The van der Waals surface area contributed by atoms with E-state index in [0.717, 1.165) is 25.4 Å². The van der Waals surface area contributed by atoms with Crippen molar-refractivity contribution in [1.29, 1.82) is 0 Å². The van der Waals surface area contributed by atoms with E-state index in [1.54, 1.807) is 33.4 Å². The lowest BCUT2D eigenvalue weighted by Crippen LogP contribution is -2.56. The van der Waals surface area contributed by atoms with Gasteiger partial charge in [0, 0.05) is 40.7 Å². The summed E-state index contributed by atoms with van der Waals surface area (Å²) in [6, 6.07) is 34.0. The lowest BCUT2D eigenvalue weighted by Gasteiger charge is -2.49. The molecule has 4 aromatic rings. The Morgan fingerprint density at radius 1 is 0.540 bits per heavy atom. The summed E-state index contributed by atoms with van der Waals surface area (Å²) in [6.07, 6.45) is 13.6. The van der Waals surface area contributed by atoms with Crippen molar-refractivity contribution in [2.45, 2.75) is 98.2 Å². The molecule has 4 aliphatic heterocycles. The summed E-state index contributed by atoms with van der Waals surface area (Å²) < 4.78 is 0. The number of hydrogen-bond donors (Lipinski definition) is 2. The van der Waals surface area contributed by atoms with Gasteiger partial charge < -0.3 is 10.6 Å². The third-order valence-electron chi connectivity index (χ3n) is 16.5. The van der Waals surface area contributed by atoms with Crippen molar-refractivity contribution >= 4 is 11.4 Å². The number of hydrogen-bond acceptors (Lipinski definition) is 4. The van der Waals surface area contributed by atoms with Crippen molar-refractivity contribution in [2.24, 2.45) is 11.8 Å². The average molecular weight is 659 g/mol. The molecule has 4 aliphatic carbocycles. The summed E-state index contributed by atoms with van der Waals surface area (Å²) in [7, 11) is 4.73. The molecule has 0 aromatic heterocycles. The van der Waals surface area contributed by atoms with Crippen LogP contribution >= 0.6 is 0 Å². The van der Waals surface area contributed by atoms with Crippen LogP contribution < -0.4 is 10.6 Å². The molecular weight excluding hydrogens is 609 g/mol. The standard InChI is InChI=1S/C46H50N4/c1-49-25-23-44(36-15-5-6-20-39(36)47-41(44)49)37-18-8-19-38-40(37)48-42-46(38,24-26-50(42)2)45-22-10-13-31(45)28-32-34(16-7-17-35(32)45)43-21-9-12-30(43)27-29-11-3-4-14-33(29)43/h3-8,11,14-20,30-31,41-42,47-48H,9-10,12-13,21-28H2,1-2H3/t30?,31-,41+,42-,43+,44+,45+,46+/m0/s1. The molecular formula is C46H50N4. The number of likely N-dealkylation sites (tertiary alicyclic amines) is 2. The van der Waals surface area contributed by atoms with Crippen LogP contribution in [-0.4, -0.2) is 49.3 Å². The molecule has 12 rings (SSSR count). The van der Waals surface area contributed by atoms with Crippen LogP contribution in [0.3, 0.4) is 0 Å². The third-order valence-corrected chi connectivity index (χ3v) is 16.5. The quantitative estimate of drug-likeness (QED) is 0.232. The molecule has 8 atom stereocenters. The maximum absolute atomic E-state index is 4.40. The maximum Gasteiger partial charge on any atom is 0.0933 e. The maximum atomic E-state index is 4.40. The fourth-order valence-electron chi connectivity index (χ4n) is 14.9. The summed E-state index contributed by atoms with van der Waals surface area (Å²) >= 11 is 0. The summed E-state index contributed by atoms with van der Waals surface area (Å²) in [5, 5.41) is 8.39. The Morgan fingerprint density at radius 2 is 1.24 bits per heavy atom. The second-order valence-corrected chi connectivity index (χ2v) is 17.8. The molecule has 0 spiro atoms. The van der Waals surface area contributed by atoms with E-state index < -0.39 is 0 Å². The molecule has 0 amide bonds. The first kappa shape index (κ1) is 29.0. The second-order valence-electron chi connectivity index (χ2n) is 17.8. The first-order chi connectivity index (χ1) is 24.5. The summed E-state index contributed by atoms with van der Waals surface area (Å²) in [4.78, 5) is 5.26. The molecule has 4 aromatic carbocycles. The van der Waals surface area contributed by atoms with Gasteiger partial charge in [0.25, 0.3) is 0 Å². The molecule has 2 N–H and O–H groups in total. The molecule has 4 fully saturated rings.